The summed E-state index contributed by atoms with van der Waals surface area (Å²) < 4.78 is 6.51. The number of hydrogen-bond donors (Lipinski definition) is 2. The Morgan fingerprint density at radius 2 is 1.72 bits per heavy atom. The van der Waals surface area contributed by atoms with Gasteiger partial charge < -0.3 is 10.1 Å². The molecule has 1 aliphatic heterocycles. The van der Waals surface area contributed by atoms with Crippen LogP contribution in [0.15, 0.2) is 54.6 Å². The van der Waals surface area contributed by atoms with Gasteiger partial charge in [-0.25, -0.2) is 0 Å². The lowest BCUT2D eigenvalue weighted by Gasteiger charge is -2.41. The predicted molar refractivity (Wildman–Crippen MR) is 98.6 cm³/mol. The summed E-state index contributed by atoms with van der Waals surface area (Å²) in [5.41, 5.74) is 1.47. The number of benzene rings is 2. The summed E-state index contributed by atoms with van der Waals surface area (Å²) in [7, 11) is 0. The zero-order chi connectivity index (χ0) is 17.1. The van der Waals surface area contributed by atoms with Crippen molar-refractivity contribution in [3.63, 3.8) is 0 Å². The standard InChI is InChI=1S/C21H24N2O2/c24-20-19(22-15-16-9-3-1-4-10-16)21(13-7-2-8-14-21)25-18-12-6-5-11-17(18)23-20/h1,3-6,9-12,19,22H,2,7-8,13-15H2,(H,23,24). The van der Waals surface area contributed by atoms with Gasteiger partial charge in [-0.2, -0.15) is 0 Å². The number of fused-ring (bicyclic) bond motifs is 1. The van der Waals surface area contributed by atoms with Gasteiger partial charge in [0.1, 0.15) is 17.4 Å². The minimum atomic E-state index is -0.469. The third-order valence-electron chi connectivity index (χ3n) is 5.30. The maximum absolute atomic E-state index is 13.0. The van der Waals surface area contributed by atoms with Crippen molar-refractivity contribution in [2.45, 2.75) is 50.3 Å². The first-order chi connectivity index (χ1) is 12.3. The first-order valence-electron chi connectivity index (χ1n) is 9.13. The van der Waals surface area contributed by atoms with Crippen LogP contribution in [0, 0.1) is 0 Å². The van der Waals surface area contributed by atoms with Crippen molar-refractivity contribution < 1.29 is 9.53 Å². The molecule has 4 rings (SSSR count). The van der Waals surface area contributed by atoms with E-state index < -0.39 is 5.60 Å². The van der Waals surface area contributed by atoms with Gasteiger partial charge in [0.05, 0.1) is 5.69 Å². The highest BCUT2D eigenvalue weighted by Gasteiger charge is 2.47. The van der Waals surface area contributed by atoms with E-state index in [-0.39, 0.29) is 11.9 Å². The molecule has 1 atom stereocenters. The van der Waals surface area contributed by atoms with Crippen molar-refractivity contribution in [2.24, 2.45) is 0 Å². The number of para-hydroxylation sites is 2. The van der Waals surface area contributed by atoms with Crippen molar-refractivity contribution in [1.29, 1.82) is 0 Å². The van der Waals surface area contributed by atoms with E-state index in [0.717, 1.165) is 37.1 Å². The van der Waals surface area contributed by atoms with Crippen LogP contribution in [0.1, 0.15) is 37.7 Å². The predicted octanol–water partition coefficient (Wildman–Crippen LogP) is 3.88. The minimum Gasteiger partial charge on any atom is -0.483 e. The van der Waals surface area contributed by atoms with Gasteiger partial charge in [-0.1, -0.05) is 48.9 Å². The SMILES string of the molecule is O=C1Nc2ccccc2OC2(CCCCC2)C1NCc1ccccc1. The van der Waals surface area contributed by atoms with Gasteiger partial charge in [0.25, 0.3) is 0 Å². The molecule has 2 N–H and O–H groups in total. The van der Waals surface area contributed by atoms with Gasteiger partial charge in [-0.05, 0) is 43.4 Å². The van der Waals surface area contributed by atoms with Gasteiger partial charge in [-0.15, -0.1) is 0 Å². The summed E-state index contributed by atoms with van der Waals surface area (Å²) in [5.74, 6) is 0.782. The van der Waals surface area contributed by atoms with Crippen molar-refractivity contribution >= 4 is 11.6 Å². The molecule has 0 bridgehead atoms. The molecule has 2 aromatic carbocycles. The monoisotopic (exact) mass is 336 g/mol. The van der Waals surface area contributed by atoms with Crippen LogP contribution < -0.4 is 15.4 Å². The Labute approximate surface area is 148 Å². The lowest BCUT2D eigenvalue weighted by molar-refractivity contribution is -0.124. The summed E-state index contributed by atoms with van der Waals surface area (Å²) in [6.07, 6.45) is 5.21. The van der Waals surface area contributed by atoms with Crippen molar-refractivity contribution in [1.82, 2.24) is 5.32 Å². The molecule has 1 aliphatic carbocycles. The van der Waals surface area contributed by atoms with E-state index in [2.05, 4.69) is 22.8 Å². The summed E-state index contributed by atoms with van der Waals surface area (Å²) in [4.78, 5) is 13.0. The van der Waals surface area contributed by atoms with Crippen LogP contribution in [0.2, 0.25) is 0 Å². The van der Waals surface area contributed by atoms with Gasteiger partial charge in [0.2, 0.25) is 5.91 Å². The molecule has 1 heterocycles. The Morgan fingerprint density at radius 3 is 2.52 bits per heavy atom. The Balaban J connectivity index is 1.64. The molecular weight excluding hydrogens is 312 g/mol. The molecule has 4 heteroatoms. The molecule has 0 aromatic heterocycles. The number of anilines is 1. The van der Waals surface area contributed by atoms with E-state index in [1.807, 2.05) is 42.5 Å². The van der Waals surface area contributed by atoms with Crippen LogP contribution in [-0.2, 0) is 11.3 Å². The molecule has 1 unspecified atom stereocenters. The molecule has 1 fully saturated rings. The number of carbonyl (C=O) groups is 1. The molecular formula is C21H24N2O2. The van der Waals surface area contributed by atoms with Crippen molar-refractivity contribution in [2.75, 3.05) is 5.32 Å². The molecule has 2 aliphatic rings. The summed E-state index contributed by atoms with van der Waals surface area (Å²) in [5, 5.41) is 6.54. The van der Waals surface area contributed by atoms with Crippen LogP contribution in [0.3, 0.4) is 0 Å². The lowest BCUT2D eigenvalue weighted by atomic mass is 9.78. The molecule has 4 nitrogen and oxygen atoms in total. The van der Waals surface area contributed by atoms with Gasteiger partial charge in [0.15, 0.2) is 0 Å². The van der Waals surface area contributed by atoms with E-state index in [9.17, 15) is 4.79 Å². The molecule has 1 saturated carbocycles. The lowest BCUT2D eigenvalue weighted by Crippen LogP contribution is -2.59. The highest BCUT2D eigenvalue weighted by molar-refractivity contribution is 5.98. The average Bonchev–Trinajstić information content (AvgIpc) is 2.75. The molecule has 0 radical (unpaired) electrons. The second kappa shape index (κ2) is 6.89. The van der Waals surface area contributed by atoms with Crippen LogP contribution in [0.4, 0.5) is 5.69 Å². The fourth-order valence-electron chi connectivity index (χ4n) is 4.02. The first-order valence-corrected chi connectivity index (χ1v) is 9.13. The number of amides is 1. The Hall–Kier alpha value is -2.33. The fraction of sp³-hybridized carbons (Fsp3) is 0.381. The quantitative estimate of drug-likeness (QED) is 0.894. The molecule has 1 amide bonds. The molecule has 1 spiro atoms. The smallest absolute Gasteiger partial charge is 0.245 e. The zero-order valence-corrected chi connectivity index (χ0v) is 14.3. The highest BCUT2D eigenvalue weighted by Crippen LogP contribution is 2.41. The normalized spacial score (nSPS) is 21.8. The number of hydrogen-bond acceptors (Lipinski definition) is 3. The minimum absolute atomic E-state index is 0.00258. The molecule has 25 heavy (non-hydrogen) atoms. The largest absolute Gasteiger partial charge is 0.483 e. The van der Waals surface area contributed by atoms with Crippen LogP contribution >= 0.6 is 0 Å². The maximum Gasteiger partial charge on any atom is 0.245 e. The summed E-state index contributed by atoms with van der Waals surface area (Å²) in [6.45, 7) is 0.653. The van der Waals surface area contributed by atoms with Gasteiger partial charge >= 0.3 is 0 Å². The number of ether oxygens (including phenoxy) is 1. The topological polar surface area (TPSA) is 50.4 Å². The van der Waals surface area contributed by atoms with Crippen LogP contribution in [0.5, 0.6) is 5.75 Å². The third kappa shape index (κ3) is 3.27. The van der Waals surface area contributed by atoms with Gasteiger partial charge in [-0.3, -0.25) is 10.1 Å². The third-order valence-corrected chi connectivity index (χ3v) is 5.30. The number of nitrogens with one attached hydrogen (secondary N) is 2. The number of carbonyl (C=O) groups excluding carboxylic acids is 1. The van der Waals surface area contributed by atoms with Gasteiger partial charge in [0, 0.05) is 6.54 Å². The summed E-state index contributed by atoms with van der Waals surface area (Å²) in [6, 6.07) is 17.6. The second-order valence-corrected chi connectivity index (χ2v) is 7.01. The molecule has 0 saturated heterocycles. The van der Waals surface area contributed by atoms with E-state index in [1.165, 1.54) is 12.0 Å². The highest BCUT2D eigenvalue weighted by atomic mass is 16.5. The van der Waals surface area contributed by atoms with E-state index in [4.69, 9.17) is 4.74 Å². The van der Waals surface area contributed by atoms with Crippen LogP contribution in [0.25, 0.3) is 0 Å². The van der Waals surface area contributed by atoms with Crippen molar-refractivity contribution in [3.05, 3.63) is 60.2 Å². The Kier molecular flexibility index (Phi) is 4.45. The maximum atomic E-state index is 13.0. The summed E-state index contributed by atoms with van der Waals surface area (Å²) >= 11 is 0. The molecule has 2 aromatic rings. The van der Waals surface area contributed by atoms with E-state index >= 15 is 0 Å². The molecule has 130 valence electrons. The first kappa shape index (κ1) is 16.2. The Morgan fingerprint density at radius 1 is 1.00 bits per heavy atom. The number of rotatable bonds is 3. The fourth-order valence-corrected chi connectivity index (χ4v) is 4.02. The second-order valence-electron chi connectivity index (χ2n) is 7.01. The zero-order valence-electron chi connectivity index (χ0n) is 14.3. The Bertz CT molecular complexity index is 739. The average molecular weight is 336 g/mol. The van der Waals surface area contributed by atoms with E-state index in [1.54, 1.807) is 0 Å². The van der Waals surface area contributed by atoms with Crippen LogP contribution in [-0.4, -0.2) is 17.6 Å². The van der Waals surface area contributed by atoms with E-state index in [0.29, 0.717) is 6.54 Å². The van der Waals surface area contributed by atoms with Crippen molar-refractivity contribution in [3.8, 4) is 5.75 Å².